The molecule has 1 aromatic carbocycles. The summed E-state index contributed by atoms with van der Waals surface area (Å²) in [5, 5.41) is 8.93. The van der Waals surface area contributed by atoms with E-state index in [1.54, 1.807) is 6.92 Å². The van der Waals surface area contributed by atoms with Crippen LogP contribution < -0.4 is 5.56 Å². The minimum atomic E-state index is -1.39. The van der Waals surface area contributed by atoms with Gasteiger partial charge in [0, 0.05) is 11.3 Å². The molecule has 0 bridgehead atoms. The molecular formula is C14H10BrF2NO3. The molecule has 1 aromatic heterocycles. The zero-order chi connectivity index (χ0) is 15.7. The lowest BCUT2D eigenvalue weighted by Gasteiger charge is -2.12. The lowest BCUT2D eigenvalue weighted by atomic mass is 10.1. The number of aryl methyl sites for hydroxylation is 1. The number of carbonyl (C=O) groups is 1. The molecule has 1 N–H and O–H groups in total. The van der Waals surface area contributed by atoms with Crippen molar-refractivity contribution in [2.24, 2.45) is 0 Å². The third-order valence-electron chi connectivity index (χ3n) is 3.08. The van der Waals surface area contributed by atoms with E-state index in [-0.39, 0.29) is 16.6 Å². The molecule has 0 saturated carbocycles. The minimum absolute atomic E-state index is 0.0685. The smallest absolute Gasteiger partial charge is 0.341 e. The van der Waals surface area contributed by atoms with Crippen molar-refractivity contribution in [3.8, 4) is 0 Å². The lowest BCUT2D eigenvalue weighted by molar-refractivity contribution is 0.0694. The van der Waals surface area contributed by atoms with Gasteiger partial charge in [-0.3, -0.25) is 4.79 Å². The molecule has 0 saturated heterocycles. The van der Waals surface area contributed by atoms with Crippen LogP contribution in [-0.2, 0) is 6.54 Å². The van der Waals surface area contributed by atoms with Gasteiger partial charge in [0.2, 0.25) is 0 Å². The van der Waals surface area contributed by atoms with Gasteiger partial charge < -0.3 is 9.67 Å². The van der Waals surface area contributed by atoms with Crippen LogP contribution in [0.5, 0.6) is 0 Å². The summed E-state index contributed by atoms with van der Waals surface area (Å²) in [6, 6.07) is 4.88. The number of nitrogens with zero attached hydrogens (tertiary/aromatic N) is 1. The average molecular weight is 358 g/mol. The van der Waals surface area contributed by atoms with E-state index in [1.165, 1.54) is 18.2 Å². The maximum atomic E-state index is 14.0. The number of carboxylic acid groups (broad SMARTS) is 1. The highest BCUT2D eigenvalue weighted by Crippen LogP contribution is 2.22. The van der Waals surface area contributed by atoms with Crippen molar-refractivity contribution in [3.63, 3.8) is 0 Å². The molecule has 2 aromatic rings. The van der Waals surface area contributed by atoms with Crippen LogP contribution in [-0.4, -0.2) is 15.6 Å². The monoisotopic (exact) mass is 357 g/mol. The lowest BCUT2D eigenvalue weighted by Crippen LogP contribution is -2.28. The van der Waals surface area contributed by atoms with Crippen molar-refractivity contribution in [2.45, 2.75) is 13.5 Å². The molecule has 0 amide bonds. The second kappa shape index (κ2) is 5.77. The summed E-state index contributed by atoms with van der Waals surface area (Å²) >= 11 is 2.95. The minimum Gasteiger partial charge on any atom is -0.477 e. The Morgan fingerprint density at radius 1 is 1.29 bits per heavy atom. The maximum Gasteiger partial charge on any atom is 0.341 e. The van der Waals surface area contributed by atoms with E-state index in [0.717, 1.165) is 10.6 Å². The summed E-state index contributed by atoms with van der Waals surface area (Å²) < 4.78 is 28.8. The van der Waals surface area contributed by atoms with Crippen LogP contribution >= 0.6 is 15.9 Å². The van der Waals surface area contributed by atoms with E-state index in [2.05, 4.69) is 15.9 Å². The molecule has 0 aliphatic carbocycles. The van der Waals surface area contributed by atoms with Crippen LogP contribution in [0.2, 0.25) is 0 Å². The molecule has 0 aliphatic heterocycles. The summed E-state index contributed by atoms with van der Waals surface area (Å²) in [7, 11) is 0. The average Bonchev–Trinajstić information content (AvgIpc) is 2.42. The van der Waals surface area contributed by atoms with Crippen LogP contribution in [0.4, 0.5) is 8.78 Å². The topological polar surface area (TPSA) is 59.3 Å². The Bertz CT molecular complexity index is 787. The number of halogens is 3. The Balaban J connectivity index is 2.60. The second-order valence-corrected chi connectivity index (χ2v) is 5.26. The highest BCUT2D eigenvalue weighted by atomic mass is 79.9. The summed E-state index contributed by atoms with van der Waals surface area (Å²) in [5.74, 6) is -3.01. The van der Waals surface area contributed by atoms with Crippen molar-refractivity contribution in [2.75, 3.05) is 0 Å². The van der Waals surface area contributed by atoms with Crippen molar-refractivity contribution in [1.82, 2.24) is 4.57 Å². The van der Waals surface area contributed by atoms with Gasteiger partial charge >= 0.3 is 5.97 Å². The second-order valence-electron chi connectivity index (χ2n) is 4.41. The van der Waals surface area contributed by atoms with Crippen molar-refractivity contribution >= 4 is 21.9 Å². The van der Waals surface area contributed by atoms with Crippen LogP contribution in [0.1, 0.15) is 21.6 Å². The van der Waals surface area contributed by atoms with E-state index < -0.39 is 28.7 Å². The summed E-state index contributed by atoms with van der Waals surface area (Å²) in [5.41, 5.74) is -1.15. The Labute approximate surface area is 126 Å². The molecule has 2 rings (SSSR count). The summed E-state index contributed by atoms with van der Waals surface area (Å²) in [6.07, 6.45) is 0. The molecule has 7 heteroatoms. The number of carboxylic acids is 1. The fourth-order valence-corrected chi connectivity index (χ4v) is 2.27. The molecule has 21 heavy (non-hydrogen) atoms. The van der Waals surface area contributed by atoms with Crippen molar-refractivity contribution < 1.29 is 18.7 Å². The first-order valence-corrected chi connectivity index (χ1v) is 6.68. The van der Waals surface area contributed by atoms with E-state index in [9.17, 15) is 18.4 Å². The number of hydrogen-bond donors (Lipinski definition) is 1. The fraction of sp³-hybridized carbons (Fsp3) is 0.143. The number of hydrogen-bond acceptors (Lipinski definition) is 2. The molecule has 0 unspecified atom stereocenters. The first kappa shape index (κ1) is 15.4. The van der Waals surface area contributed by atoms with Crippen LogP contribution in [0.3, 0.4) is 0 Å². The quantitative estimate of drug-likeness (QED) is 0.859. The van der Waals surface area contributed by atoms with E-state index in [1.807, 2.05) is 0 Å². The fourth-order valence-electron chi connectivity index (χ4n) is 1.90. The first-order valence-electron chi connectivity index (χ1n) is 5.89. The molecule has 0 radical (unpaired) electrons. The zero-order valence-corrected chi connectivity index (χ0v) is 12.4. The highest BCUT2D eigenvalue weighted by Gasteiger charge is 2.17. The number of aromatic carboxylic acids is 1. The molecular weight excluding hydrogens is 348 g/mol. The van der Waals surface area contributed by atoms with Gasteiger partial charge in [-0.2, -0.15) is 0 Å². The van der Waals surface area contributed by atoms with Crippen molar-refractivity contribution in [3.05, 3.63) is 67.5 Å². The zero-order valence-electron chi connectivity index (χ0n) is 10.9. The van der Waals surface area contributed by atoms with Crippen LogP contribution in [0, 0.1) is 18.6 Å². The van der Waals surface area contributed by atoms with Gasteiger partial charge in [-0.1, -0.05) is 0 Å². The number of aromatic nitrogens is 1. The number of rotatable bonds is 3. The SMILES string of the molecule is Cc1ccc(C(=O)O)c(=O)n1Cc1c(F)ccc(Br)c1F. The predicted octanol–water partition coefficient (Wildman–Crippen LogP) is 2.94. The highest BCUT2D eigenvalue weighted by molar-refractivity contribution is 9.10. The van der Waals surface area contributed by atoms with Gasteiger partial charge in [0.25, 0.3) is 5.56 Å². The molecule has 0 fully saturated rings. The molecule has 4 nitrogen and oxygen atoms in total. The molecule has 0 spiro atoms. The van der Waals surface area contributed by atoms with Crippen molar-refractivity contribution in [1.29, 1.82) is 0 Å². The Morgan fingerprint density at radius 2 is 1.95 bits per heavy atom. The third kappa shape index (κ3) is 2.87. The van der Waals surface area contributed by atoms with Crippen LogP contribution in [0.25, 0.3) is 0 Å². The summed E-state index contributed by atoms with van der Waals surface area (Å²) in [6.45, 7) is 1.17. The Kier molecular flexibility index (Phi) is 4.22. The van der Waals surface area contributed by atoms with Gasteiger partial charge in [0.05, 0.1) is 11.0 Å². The van der Waals surface area contributed by atoms with E-state index in [4.69, 9.17) is 5.11 Å². The largest absolute Gasteiger partial charge is 0.477 e. The maximum absolute atomic E-state index is 14.0. The Morgan fingerprint density at radius 3 is 2.57 bits per heavy atom. The van der Waals surface area contributed by atoms with Gasteiger partial charge in [0.1, 0.15) is 17.2 Å². The normalized spacial score (nSPS) is 10.7. The molecule has 0 atom stereocenters. The summed E-state index contributed by atoms with van der Waals surface area (Å²) in [4.78, 5) is 23.0. The third-order valence-corrected chi connectivity index (χ3v) is 3.69. The molecule has 110 valence electrons. The van der Waals surface area contributed by atoms with Crippen LogP contribution in [0.15, 0.2) is 33.5 Å². The first-order chi connectivity index (χ1) is 9.82. The number of benzene rings is 1. The molecule has 0 aliphatic rings. The van der Waals surface area contributed by atoms with Gasteiger partial charge in [-0.05, 0) is 47.1 Å². The standard InChI is InChI=1S/C14H10BrF2NO3/c1-7-2-3-8(14(20)21)13(19)18(7)6-9-11(16)5-4-10(15)12(9)17/h2-5H,6H2,1H3,(H,20,21). The van der Waals surface area contributed by atoms with E-state index in [0.29, 0.717) is 5.69 Å². The van der Waals surface area contributed by atoms with Gasteiger partial charge in [-0.25, -0.2) is 13.6 Å². The van der Waals surface area contributed by atoms with E-state index >= 15 is 0 Å². The Hall–Kier alpha value is -2.02. The number of pyridine rings is 1. The van der Waals surface area contributed by atoms with Gasteiger partial charge in [0.15, 0.2) is 0 Å². The predicted molar refractivity (Wildman–Crippen MR) is 75.6 cm³/mol. The van der Waals surface area contributed by atoms with Gasteiger partial charge in [-0.15, -0.1) is 0 Å². The molecule has 1 heterocycles.